The number of benzene rings is 2. The van der Waals surface area contributed by atoms with E-state index in [1.807, 2.05) is 31.2 Å². The molecule has 0 aliphatic heterocycles. The zero-order valence-electron chi connectivity index (χ0n) is 14.7. The van der Waals surface area contributed by atoms with Crippen molar-refractivity contribution in [1.82, 2.24) is 4.73 Å². The van der Waals surface area contributed by atoms with Gasteiger partial charge < -0.3 is 9.94 Å². The van der Waals surface area contributed by atoms with Crippen molar-refractivity contribution in [3.63, 3.8) is 0 Å². The normalized spacial score (nSPS) is 11.2. The Morgan fingerprint density at radius 1 is 0.963 bits per heavy atom. The standard InChI is InChI=1S/C19H18N2O5S/c1-14-5-7-15(8-6-14)26-16-9-11-17(12-10-16)27(24,25)20(2)18-4-3-13-21(23)19(18)22/h3-13,23H,1-2H3. The van der Waals surface area contributed by atoms with Gasteiger partial charge in [-0.05, 0) is 55.5 Å². The van der Waals surface area contributed by atoms with Crippen LogP contribution in [0.4, 0.5) is 5.69 Å². The first-order valence-electron chi connectivity index (χ1n) is 8.03. The molecule has 0 amide bonds. The summed E-state index contributed by atoms with van der Waals surface area (Å²) < 4.78 is 32.4. The van der Waals surface area contributed by atoms with Crippen molar-refractivity contribution in [3.05, 3.63) is 82.8 Å². The number of ether oxygens (including phenoxy) is 1. The molecule has 2 aromatic carbocycles. The molecule has 8 heteroatoms. The molecule has 7 nitrogen and oxygen atoms in total. The maximum absolute atomic E-state index is 12.8. The summed E-state index contributed by atoms with van der Waals surface area (Å²) in [7, 11) is -2.72. The number of hydrogen-bond acceptors (Lipinski definition) is 5. The summed E-state index contributed by atoms with van der Waals surface area (Å²) >= 11 is 0. The number of aromatic nitrogens is 1. The van der Waals surface area contributed by atoms with Gasteiger partial charge in [0.2, 0.25) is 0 Å². The Balaban J connectivity index is 1.85. The van der Waals surface area contributed by atoms with E-state index in [1.54, 1.807) is 0 Å². The van der Waals surface area contributed by atoms with E-state index in [-0.39, 0.29) is 10.6 Å². The molecule has 1 aromatic heterocycles. The van der Waals surface area contributed by atoms with Gasteiger partial charge in [0.1, 0.15) is 17.2 Å². The molecule has 0 saturated heterocycles. The van der Waals surface area contributed by atoms with Gasteiger partial charge in [0, 0.05) is 13.2 Å². The quantitative estimate of drug-likeness (QED) is 0.681. The molecular weight excluding hydrogens is 368 g/mol. The van der Waals surface area contributed by atoms with Crippen LogP contribution in [0.3, 0.4) is 0 Å². The summed E-state index contributed by atoms with van der Waals surface area (Å²) in [4.78, 5) is 12.0. The lowest BCUT2D eigenvalue weighted by Gasteiger charge is -2.19. The van der Waals surface area contributed by atoms with Crippen LogP contribution in [0.15, 0.2) is 76.6 Å². The third kappa shape index (κ3) is 3.80. The highest BCUT2D eigenvalue weighted by atomic mass is 32.2. The number of sulfonamides is 1. The summed E-state index contributed by atoms with van der Waals surface area (Å²) in [6, 6.07) is 16.0. The van der Waals surface area contributed by atoms with Crippen molar-refractivity contribution < 1.29 is 18.4 Å². The third-order valence-corrected chi connectivity index (χ3v) is 5.77. The van der Waals surface area contributed by atoms with Gasteiger partial charge in [-0.2, -0.15) is 4.73 Å². The molecule has 3 rings (SSSR count). The van der Waals surface area contributed by atoms with Gasteiger partial charge in [-0.1, -0.05) is 17.7 Å². The summed E-state index contributed by atoms with van der Waals surface area (Å²) in [6.07, 6.45) is 1.13. The number of pyridine rings is 1. The summed E-state index contributed by atoms with van der Waals surface area (Å²) in [5.74, 6) is 1.12. The van der Waals surface area contributed by atoms with Gasteiger partial charge in [-0.25, -0.2) is 8.42 Å². The van der Waals surface area contributed by atoms with Crippen molar-refractivity contribution in [1.29, 1.82) is 0 Å². The van der Waals surface area contributed by atoms with E-state index >= 15 is 0 Å². The summed E-state index contributed by atoms with van der Waals surface area (Å²) in [5.41, 5.74) is 0.109. The van der Waals surface area contributed by atoms with Crippen molar-refractivity contribution in [2.24, 2.45) is 0 Å². The van der Waals surface area contributed by atoms with E-state index in [9.17, 15) is 18.4 Å². The van der Waals surface area contributed by atoms with Gasteiger partial charge in [0.05, 0.1) is 4.90 Å². The maximum Gasteiger partial charge on any atom is 0.307 e. The maximum atomic E-state index is 12.8. The van der Waals surface area contributed by atoms with Gasteiger partial charge in [0.15, 0.2) is 0 Å². The number of rotatable bonds is 5. The first-order valence-corrected chi connectivity index (χ1v) is 9.47. The summed E-state index contributed by atoms with van der Waals surface area (Å²) in [6.45, 7) is 1.97. The predicted molar refractivity (Wildman–Crippen MR) is 101 cm³/mol. The Morgan fingerprint density at radius 2 is 1.52 bits per heavy atom. The lowest BCUT2D eigenvalue weighted by molar-refractivity contribution is 0.175. The molecule has 0 saturated carbocycles. The highest BCUT2D eigenvalue weighted by Gasteiger charge is 2.24. The average molecular weight is 386 g/mol. The Kier molecular flexibility index (Phi) is 4.91. The van der Waals surface area contributed by atoms with Gasteiger partial charge in [-0.3, -0.25) is 9.10 Å². The zero-order valence-corrected chi connectivity index (χ0v) is 15.6. The molecule has 0 unspecified atom stereocenters. The van der Waals surface area contributed by atoms with E-state index in [2.05, 4.69) is 0 Å². The van der Waals surface area contributed by atoms with Crippen LogP contribution in [0.1, 0.15) is 5.56 Å². The van der Waals surface area contributed by atoms with Gasteiger partial charge in [0.25, 0.3) is 10.0 Å². The Hall–Kier alpha value is -3.26. The van der Waals surface area contributed by atoms with E-state index in [1.165, 1.54) is 43.4 Å². The molecule has 0 spiro atoms. The number of hydrogen-bond donors (Lipinski definition) is 1. The van der Waals surface area contributed by atoms with Crippen molar-refractivity contribution in [2.75, 3.05) is 11.4 Å². The van der Waals surface area contributed by atoms with Crippen LogP contribution in [0.2, 0.25) is 0 Å². The number of nitrogens with zero attached hydrogens (tertiary/aromatic N) is 2. The van der Waals surface area contributed by atoms with E-state index in [0.29, 0.717) is 16.2 Å². The second-order valence-corrected chi connectivity index (χ2v) is 7.87. The highest BCUT2D eigenvalue weighted by Crippen LogP contribution is 2.25. The molecule has 0 atom stereocenters. The second kappa shape index (κ2) is 7.16. The van der Waals surface area contributed by atoms with Crippen molar-refractivity contribution >= 4 is 15.7 Å². The first-order chi connectivity index (χ1) is 12.8. The molecule has 1 N–H and O–H groups in total. The smallest absolute Gasteiger partial charge is 0.307 e. The minimum atomic E-state index is -3.97. The molecule has 0 aliphatic carbocycles. The minimum absolute atomic E-state index is 0.00556. The molecule has 0 bridgehead atoms. The molecule has 3 aromatic rings. The monoisotopic (exact) mass is 386 g/mol. The SMILES string of the molecule is Cc1ccc(Oc2ccc(S(=O)(=O)N(C)c3cccn(O)c3=O)cc2)cc1. The fourth-order valence-corrected chi connectivity index (χ4v) is 3.62. The van der Waals surface area contributed by atoms with Crippen LogP contribution in [-0.4, -0.2) is 25.4 Å². The number of anilines is 1. The Labute approximate surface area is 156 Å². The largest absolute Gasteiger partial charge is 0.457 e. The molecule has 0 fully saturated rings. The fourth-order valence-electron chi connectivity index (χ4n) is 2.42. The van der Waals surface area contributed by atoms with Crippen molar-refractivity contribution in [3.8, 4) is 11.5 Å². The van der Waals surface area contributed by atoms with Crippen LogP contribution in [0.5, 0.6) is 11.5 Å². The van der Waals surface area contributed by atoms with E-state index < -0.39 is 15.6 Å². The minimum Gasteiger partial charge on any atom is -0.457 e. The van der Waals surface area contributed by atoms with Crippen molar-refractivity contribution in [2.45, 2.75) is 11.8 Å². The third-order valence-electron chi connectivity index (χ3n) is 3.99. The zero-order chi connectivity index (χ0) is 19.6. The second-order valence-electron chi connectivity index (χ2n) is 5.90. The number of aryl methyl sites for hydroxylation is 1. The average Bonchev–Trinajstić information content (AvgIpc) is 2.66. The van der Waals surface area contributed by atoms with Crippen LogP contribution < -0.4 is 14.6 Å². The van der Waals surface area contributed by atoms with E-state index in [4.69, 9.17) is 4.74 Å². The lowest BCUT2D eigenvalue weighted by atomic mass is 10.2. The van der Waals surface area contributed by atoms with Crippen LogP contribution in [-0.2, 0) is 10.0 Å². The lowest BCUT2D eigenvalue weighted by Crippen LogP contribution is -2.33. The topological polar surface area (TPSA) is 88.8 Å². The van der Waals surface area contributed by atoms with Gasteiger partial charge >= 0.3 is 5.56 Å². The predicted octanol–water partition coefficient (Wildman–Crippen LogP) is 3.01. The van der Waals surface area contributed by atoms with E-state index in [0.717, 1.165) is 16.1 Å². The molecule has 0 aliphatic rings. The van der Waals surface area contributed by atoms with Crippen LogP contribution in [0, 0.1) is 6.92 Å². The van der Waals surface area contributed by atoms with Gasteiger partial charge in [-0.15, -0.1) is 0 Å². The first kappa shape index (κ1) is 18.5. The van der Waals surface area contributed by atoms with Crippen LogP contribution in [0.25, 0.3) is 0 Å². The fraction of sp³-hybridized carbons (Fsp3) is 0.105. The summed E-state index contributed by atoms with van der Waals surface area (Å²) in [5, 5.41) is 9.45. The Morgan fingerprint density at radius 3 is 2.11 bits per heavy atom. The van der Waals surface area contributed by atoms with Crippen LogP contribution >= 0.6 is 0 Å². The molecular formula is C19H18N2O5S. The Bertz CT molecular complexity index is 1100. The molecule has 0 radical (unpaired) electrons. The molecule has 140 valence electrons. The molecule has 27 heavy (non-hydrogen) atoms. The highest BCUT2D eigenvalue weighted by molar-refractivity contribution is 7.92. The molecule has 1 heterocycles.